The van der Waals surface area contributed by atoms with Crippen LogP contribution in [0.25, 0.3) is 0 Å². The van der Waals surface area contributed by atoms with E-state index in [0.29, 0.717) is 30.5 Å². The molecule has 0 aromatic heterocycles. The molecular formula is C22H19ClN2O4. The second-order valence-electron chi connectivity index (χ2n) is 7.37. The molecule has 0 spiro atoms. The lowest BCUT2D eigenvalue weighted by molar-refractivity contribution is -0.384. The van der Waals surface area contributed by atoms with Crippen molar-refractivity contribution in [1.82, 2.24) is 0 Å². The highest BCUT2D eigenvalue weighted by molar-refractivity contribution is 6.34. The van der Waals surface area contributed by atoms with E-state index < -0.39 is 4.92 Å². The van der Waals surface area contributed by atoms with Crippen molar-refractivity contribution in [3.8, 4) is 0 Å². The Labute approximate surface area is 172 Å². The van der Waals surface area contributed by atoms with E-state index in [4.69, 9.17) is 11.6 Å². The Kier molecular flexibility index (Phi) is 4.96. The van der Waals surface area contributed by atoms with Gasteiger partial charge in [0.1, 0.15) is 0 Å². The molecule has 1 heterocycles. The SMILES string of the molecule is Cc1ccccc1C1CC(=O)N(c2cc([N+](=O)[O-])ccc2Cl)C2=C1C(=O)CCC2. The summed E-state index contributed by atoms with van der Waals surface area (Å²) in [7, 11) is 0. The predicted molar refractivity (Wildman–Crippen MR) is 110 cm³/mol. The first-order valence-corrected chi connectivity index (χ1v) is 9.85. The minimum atomic E-state index is -0.522. The van der Waals surface area contributed by atoms with Crippen LogP contribution in [0.2, 0.25) is 5.02 Å². The number of hydrogen-bond acceptors (Lipinski definition) is 4. The lowest BCUT2D eigenvalue weighted by Gasteiger charge is -2.38. The van der Waals surface area contributed by atoms with Crippen LogP contribution in [0.1, 0.15) is 42.7 Å². The van der Waals surface area contributed by atoms with Crippen molar-refractivity contribution in [2.75, 3.05) is 4.90 Å². The van der Waals surface area contributed by atoms with Crippen molar-refractivity contribution in [3.05, 3.63) is 80.0 Å². The van der Waals surface area contributed by atoms with Gasteiger partial charge in [-0.3, -0.25) is 24.6 Å². The van der Waals surface area contributed by atoms with Gasteiger partial charge >= 0.3 is 0 Å². The van der Waals surface area contributed by atoms with Crippen LogP contribution < -0.4 is 4.90 Å². The molecule has 6 nitrogen and oxygen atoms in total. The third-order valence-corrected chi connectivity index (χ3v) is 5.94. The van der Waals surface area contributed by atoms with Gasteiger partial charge in [0.15, 0.2) is 5.78 Å². The quantitative estimate of drug-likeness (QED) is 0.521. The summed E-state index contributed by atoms with van der Waals surface area (Å²) in [5.41, 5.74) is 3.35. The first kappa shape index (κ1) is 19.3. The molecule has 1 unspecified atom stereocenters. The molecule has 1 aliphatic heterocycles. The highest BCUT2D eigenvalue weighted by Crippen LogP contribution is 2.45. The van der Waals surface area contributed by atoms with Gasteiger partial charge < -0.3 is 0 Å². The van der Waals surface area contributed by atoms with E-state index in [1.807, 2.05) is 31.2 Å². The number of nitrogens with zero attached hydrogens (tertiary/aromatic N) is 2. The number of non-ortho nitro benzene ring substituents is 1. The van der Waals surface area contributed by atoms with Gasteiger partial charge in [0.05, 0.1) is 15.6 Å². The minimum absolute atomic E-state index is 0.0264. The van der Waals surface area contributed by atoms with Crippen LogP contribution in [0.15, 0.2) is 53.7 Å². The molecule has 29 heavy (non-hydrogen) atoms. The standard InChI is InChI=1S/C22H19ClN2O4/c1-13-5-2-3-6-15(13)16-12-21(27)24(18-7-4-8-20(26)22(16)18)19-11-14(25(28)29)9-10-17(19)23/h2-3,5-6,9-11,16H,4,7-8,12H2,1H3. The van der Waals surface area contributed by atoms with Crippen molar-refractivity contribution in [2.45, 2.75) is 38.5 Å². The molecule has 148 valence electrons. The average molecular weight is 411 g/mol. The van der Waals surface area contributed by atoms with Crippen LogP contribution in [0.3, 0.4) is 0 Å². The maximum atomic E-state index is 13.2. The Morgan fingerprint density at radius 3 is 2.62 bits per heavy atom. The van der Waals surface area contributed by atoms with Gasteiger partial charge in [-0.1, -0.05) is 35.9 Å². The van der Waals surface area contributed by atoms with E-state index in [-0.39, 0.29) is 40.4 Å². The molecule has 0 fully saturated rings. The summed E-state index contributed by atoms with van der Waals surface area (Å²) in [5.74, 6) is -0.493. The van der Waals surface area contributed by atoms with Gasteiger partial charge in [0.25, 0.3) is 5.69 Å². The largest absolute Gasteiger partial charge is 0.294 e. The van der Waals surface area contributed by atoms with Gasteiger partial charge in [0.2, 0.25) is 5.91 Å². The number of rotatable bonds is 3. The summed E-state index contributed by atoms with van der Waals surface area (Å²) < 4.78 is 0. The zero-order valence-electron chi connectivity index (χ0n) is 15.9. The normalized spacial score (nSPS) is 19.4. The Hall–Kier alpha value is -2.99. The number of carbonyl (C=O) groups excluding carboxylic acids is 2. The summed E-state index contributed by atoms with van der Waals surface area (Å²) in [5, 5.41) is 11.5. The third kappa shape index (κ3) is 3.34. The number of halogens is 1. The molecule has 0 saturated carbocycles. The molecule has 2 aromatic carbocycles. The minimum Gasteiger partial charge on any atom is -0.294 e. The maximum Gasteiger partial charge on any atom is 0.271 e. The van der Waals surface area contributed by atoms with Crippen LogP contribution in [-0.4, -0.2) is 16.6 Å². The smallest absolute Gasteiger partial charge is 0.271 e. The molecule has 0 bridgehead atoms. The zero-order valence-corrected chi connectivity index (χ0v) is 16.6. The van der Waals surface area contributed by atoms with Crippen LogP contribution in [0.4, 0.5) is 11.4 Å². The average Bonchev–Trinajstić information content (AvgIpc) is 2.68. The monoisotopic (exact) mass is 410 g/mol. The number of amides is 1. The van der Waals surface area contributed by atoms with E-state index in [2.05, 4.69) is 0 Å². The first-order valence-electron chi connectivity index (χ1n) is 9.47. The third-order valence-electron chi connectivity index (χ3n) is 5.62. The Bertz CT molecular complexity index is 1080. The highest BCUT2D eigenvalue weighted by atomic mass is 35.5. The molecule has 0 radical (unpaired) electrons. The van der Waals surface area contributed by atoms with E-state index in [1.54, 1.807) is 0 Å². The molecule has 1 amide bonds. The highest BCUT2D eigenvalue weighted by Gasteiger charge is 2.40. The maximum absolute atomic E-state index is 13.2. The van der Waals surface area contributed by atoms with E-state index in [9.17, 15) is 19.7 Å². The van der Waals surface area contributed by atoms with Crippen molar-refractivity contribution < 1.29 is 14.5 Å². The van der Waals surface area contributed by atoms with Crippen LogP contribution in [0, 0.1) is 17.0 Å². The van der Waals surface area contributed by atoms with Gasteiger partial charge in [-0.25, -0.2) is 0 Å². The summed E-state index contributed by atoms with van der Waals surface area (Å²) in [4.78, 5) is 38.3. The summed E-state index contributed by atoms with van der Waals surface area (Å²) >= 11 is 6.32. The fourth-order valence-corrected chi connectivity index (χ4v) is 4.50. The number of allylic oxidation sites excluding steroid dienone is 2. The van der Waals surface area contributed by atoms with Crippen molar-refractivity contribution in [3.63, 3.8) is 0 Å². The number of ketones is 1. The summed E-state index contributed by atoms with van der Waals surface area (Å²) in [6, 6.07) is 11.8. The number of hydrogen-bond donors (Lipinski definition) is 0. The molecule has 2 aliphatic rings. The second-order valence-corrected chi connectivity index (χ2v) is 7.78. The van der Waals surface area contributed by atoms with Gasteiger partial charge in [0, 0.05) is 42.2 Å². The first-order chi connectivity index (χ1) is 13.9. The van der Waals surface area contributed by atoms with Gasteiger partial charge in [-0.2, -0.15) is 0 Å². The van der Waals surface area contributed by atoms with Crippen LogP contribution in [0.5, 0.6) is 0 Å². The lowest BCUT2D eigenvalue weighted by Crippen LogP contribution is -2.40. The van der Waals surface area contributed by atoms with Crippen LogP contribution in [-0.2, 0) is 9.59 Å². The molecule has 0 saturated heterocycles. The molecule has 1 aliphatic carbocycles. The Balaban J connectivity index is 1.91. The van der Waals surface area contributed by atoms with E-state index in [0.717, 1.165) is 11.1 Å². The summed E-state index contributed by atoms with van der Waals surface area (Å²) in [6.45, 7) is 1.97. The number of nitro benzene ring substituents is 1. The van der Waals surface area contributed by atoms with Crippen LogP contribution >= 0.6 is 11.6 Å². The molecule has 7 heteroatoms. The second kappa shape index (κ2) is 7.44. The molecule has 0 N–H and O–H groups in total. The van der Waals surface area contributed by atoms with Gasteiger partial charge in [-0.15, -0.1) is 0 Å². The molecular weight excluding hydrogens is 392 g/mol. The Morgan fingerprint density at radius 1 is 1.14 bits per heavy atom. The molecule has 4 rings (SSSR count). The fourth-order valence-electron chi connectivity index (χ4n) is 4.30. The number of anilines is 1. The zero-order chi connectivity index (χ0) is 20.7. The number of Topliss-reactive ketones (excluding diaryl/α,β-unsaturated/α-hetero) is 1. The molecule has 2 aromatic rings. The predicted octanol–water partition coefficient (Wildman–Crippen LogP) is 5.08. The summed E-state index contributed by atoms with van der Waals surface area (Å²) in [6.07, 6.45) is 1.74. The van der Waals surface area contributed by atoms with Gasteiger partial charge in [-0.05, 0) is 37.0 Å². The fraction of sp³-hybridized carbons (Fsp3) is 0.273. The number of benzene rings is 2. The van der Waals surface area contributed by atoms with E-state index >= 15 is 0 Å². The lowest BCUT2D eigenvalue weighted by atomic mass is 9.76. The number of aryl methyl sites for hydroxylation is 1. The topological polar surface area (TPSA) is 80.5 Å². The van der Waals surface area contributed by atoms with E-state index in [1.165, 1.54) is 23.1 Å². The number of carbonyl (C=O) groups is 2. The van der Waals surface area contributed by atoms with Crippen molar-refractivity contribution in [2.24, 2.45) is 0 Å². The Morgan fingerprint density at radius 2 is 1.90 bits per heavy atom. The van der Waals surface area contributed by atoms with Crippen molar-refractivity contribution >= 4 is 34.7 Å². The molecule has 1 atom stereocenters. The van der Waals surface area contributed by atoms with Crippen molar-refractivity contribution in [1.29, 1.82) is 0 Å². The number of nitro groups is 1.